The predicted molar refractivity (Wildman–Crippen MR) is 129 cm³/mol. The van der Waals surface area contributed by atoms with Gasteiger partial charge in [-0.3, -0.25) is 4.99 Å². The molecule has 1 heterocycles. The van der Waals surface area contributed by atoms with E-state index in [0.717, 1.165) is 22.4 Å². The lowest BCUT2D eigenvalue weighted by molar-refractivity contribution is 0.0523. The number of para-hydroxylation sites is 1. The molecule has 31 heavy (non-hydrogen) atoms. The largest absolute Gasteiger partial charge is 0.444 e. The summed E-state index contributed by atoms with van der Waals surface area (Å²) < 4.78 is 7.23. The van der Waals surface area contributed by atoms with Crippen molar-refractivity contribution in [3.63, 3.8) is 0 Å². The van der Waals surface area contributed by atoms with Crippen LogP contribution in [-0.4, -0.2) is 29.4 Å². The first-order valence-corrected chi connectivity index (χ1v) is 12.4. The van der Waals surface area contributed by atoms with Gasteiger partial charge < -0.3 is 19.5 Å². The number of carbonyl (C=O) groups is 1. The lowest BCUT2D eigenvalue weighted by Gasteiger charge is -2.36. The highest BCUT2D eigenvalue weighted by Gasteiger charge is 2.28. The van der Waals surface area contributed by atoms with Gasteiger partial charge in [0.15, 0.2) is 0 Å². The summed E-state index contributed by atoms with van der Waals surface area (Å²) in [6, 6.07) is 15.1. The summed E-state index contributed by atoms with van der Waals surface area (Å²) in [4.78, 5) is 16.1. The number of hydrogen-bond donors (Lipinski definition) is 2. The fourth-order valence-electron chi connectivity index (χ4n) is 3.14. The second-order valence-electron chi connectivity index (χ2n) is 8.19. The lowest BCUT2D eigenvalue weighted by atomic mass is 9.98. The van der Waals surface area contributed by atoms with Crippen molar-refractivity contribution in [1.29, 1.82) is 0 Å². The zero-order chi connectivity index (χ0) is 22.6. The molecular weight excluding hydrogens is 434 g/mol. The fourth-order valence-corrected chi connectivity index (χ4v) is 4.98. The summed E-state index contributed by atoms with van der Waals surface area (Å²) in [5, 5.41) is 15.8. The van der Waals surface area contributed by atoms with Gasteiger partial charge in [-0.05, 0) is 58.1 Å². The molecule has 0 aromatic heterocycles. The minimum absolute atomic E-state index is 0.299. The van der Waals surface area contributed by atoms with E-state index < -0.39 is 27.2 Å². The van der Waals surface area contributed by atoms with E-state index in [4.69, 9.17) is 15.4 Å². The highest BCUT2D eigenvalue weighted by atomic mass is 35.7. The van der Waals surface area contributed by atoms with E-state index in [9.17, 15) is 9.90 Å². The van der Waals surface area contributed by atoms with Crippen molar-refractivity contribution in [1.82, 2.24) is 5.32 Å². The third-order valence-electron chi connectivity index (χ3n) is 4.64. The predicted octanol–water partition coefficient (Wildman–Crippen LogP) is 5.62. The monoisotopic (exact) mass is 461 g/mol. The van der Waals surface area contributed by atoms with E-state index in [1.807, 2.05) is 86.1 Å². The van der Waals surface area contributed by atoms with Crippen molar-refractivity contribution in [3.05, 3.63) is 76.8 Å². The molecule has 2 aromatic carbocycles. The Labute approximate surface area is 189 Å². The molecule has 0 aliphatic carbocycles. The number of aliphatic hydroxyl groups is 1. The number of alkyl carbamates (subject to hydrolysis) is 1. The summed E-state index contributed by atoms with van der Waals surface area (Å²) >= 11 is 0. The van der Waals surface area contributed by atoms with Crippen LogP contribution in [0.3, 0.4) is 0 Å². The number of nitrogens with zero attached hydrogens (tertiary/aromatic N) is 2. The Hall–Kier alpha value is -2.48. The smallest absolute Gasteiger partial charge is 0.407 e. The molecule has 2 N–H and O–H groups in total. The molecule has 2 atom stereocenters. The standard InChI is InChI=1S/C23H28ClN3O3S/c1-23(2,3)30-22(29)26-15-17-8-7-9-18(14-17)21(28)19-10-5-6-11-20(19)27(4)31(24)13-12-25-16-31/h5-14,16,21,28H,15H2,1-4H3,(H,26,29). The maximum atomic E-state index is 11.9. The van der Waals surface area contributed by atoms with Crippen LogP contribution >= 0.6 is 20.1 Å². The Morgan fingerprint density at radius 3 is 2.68 bits per heavy atom. The van der Waals surface area contributed by atoms with Crippen LogP contribution in [0, 0.1) is 0 Å². The van der Waals surface area contributed by atoms with Gasteiger partial charge in [0.05, 0.1) is 11.2 Å². The minimum Gasteiger partial charge on any atom is -0.444 e. The molecule has 6 nitrogen and oxygen atoms in total. The number of halogens is 1. The van der Waals surface area contributed by atoms with Gasteiger partial charge in [-0.25, -0.2) is 4.79 Å². The van der Waals surface area contributed by atoms with Gasteiger partial charge in [0.25, 0.3) is 0 Å². The van der Waals surface area contributed by atoms with Crippen LogP contribution in [0.1, 0.15) is 43.6 Å². The SMILES string of the molecule is CN(c1ccccc1C(O)c1cccc(CNC(=O)OC(C)(C)C)c1)S1(Cl)C=CN=C1. The molecule has 0 bridgehead atoms. The molecular formula is C23H28ClN3O3S. The average molecular weight is 462 g/mol. The van der Waals surface area contributed by atoms with Crippen LogP contribution in [0.4, 0.5) is 10.5 Å². The Bertz CT molecular complexity index is 992. The van der Waals surface area contributed by atoms with E-state index in [-0.39, 0.29) is 0 Å². The molecule has 0 saturated heterocycles. The first-order valence-electron chi connectivity index (χ1n) is 9.88. The van der Waals surface area contributed by atoms with E-state index in [1.54, 1.807) is 11.7 Å². The van der Waals surface area contributed by atoms with Crippen LogP contribution in [0.25, 0.3) is 0 Å². The molecule has 8 heteroatoms. The van der Waals surface area contributed by atoms with Gasteiger partial charge in [0.1, 0.15) is 11.7 Å². The fraction of sp³-hybridized carbons (Fsp3) is 0.304. The van der Waals surface area contributed by atoms with Crippen LogP contribution in [0.5, 0.6) is 0 Å². The zero-order valence-electron chi connectivity index (χ0n) is 18.1. The molecule has 0 saturated carbocycles. The van der Waals surface area contributed by atoms with Crippen molar-refractivity contribution in [3.8, 4) is 0 Å². The van der Waals surface area contributed by atoms with Crippen molar-refractivity contribution < 1.29 is 14.6 Å². The maximum Gasteiger partial charge on any atom is 0.407 e. The second-order valence-corrected chi connectivity index (χ2v) is 11.9. The van der Waals surface area contributed by atoms with Crippen LogP contribution in [0.15, 0.2) is 65.1 Å². The van der Waals surface area contributed by atoms with Gasteiger partial charge in [0.2, 0.25) is 0 Å². The summed E-state index contributed by atoms with van der Waals surface area (Å²) in [6.07, 6.45) is 0.355. The number of hydrogen-bond acceptors (Lipinski definition) is 5. The van der Waals surface area contributed by atoms with E-state index in [2.05, 4.69) is 10.3 Å². The second kappa shape index (κ2) is 9.34. The molecule has 0 fully saturated rings. The number of rotatable bonds is 6. The first-order chi connectivity index (χ1) is 14.6. The number of aliphatic hydroxyl groups excluding tert-OH is 1. The lowest BCUT2D eigenvalue weighted by Crippen LogP contribution is -2.32. The molecule has 1 aliphatic rings. The third kappa shape index (κ3) is 5.81. The molecule has 0 radical (unpaired) electrons. The summed E-state index contributed by atoms with van der Waals surface area (Å²) in [5.74, 6) is 0. The number of benzene rings is 2. The van der Waals surface area contributed by atoms with Gasteiger partial charge in [-0.2, -0.15) is 0 Å². The van der Waals surface area contributed by atoms with Crippen LogP contribution in [-0.2, 0) is 11.3 Å². The van der Waals surface area contributed by atoms with E-state index in [0.29, 0.717) is 6.54 Å². The normalized spacial score (nSPS) is 20.7. The highest BCUT2D eigenvalue weighted by Crippen LogP contribution is 2.59. The third-order valence-corrected chi connectivity index (χ3v) is 7.77. The number of ether oxygens (including phenoxy) is 1. The average Bonchev–Trinajstić information content (AvgIpc) is 3.18. The molecule has 2 unspecified atom stereocenters. The molecule has 3 rings (SSSR count). The number of anilines is 1. The number of nitrogens with one attached hydrogen (secondary N) is 1. The minimum atomic E-state index is -1.85. The van der Waals surface area contributed by atoms with Gasteiger partial charge >= 0.3 is 6.09 Å². The zero-order valence-corrected chi connectivity index (χ0v) is 19.7. The maximum absolute atomic E-state index is 11.9. The Morgan fingerprint density at radius 2 is 2.00 bits per heavy atom. The number of carbonyl (C=O) groups excluding carboxylic acids is 1. The number of aliphatic imine (C=N–C) groups is 1. The molecule has 2 aromatic rings. The summed E-state index contributed by atoms with van der Waals surface area (Å²) in [5.41, 5.74) is 4.33. The van der Waals surface area contributed by atoms with Crippen molar-refractivity contribution in [2.75, 3.05) is 11.4 Å². The van der Waals surface area contributed by atoms with Gasteiger partial charge in [0, 0.05) is 30.8 Å². The Kier molecular flexibility index (Phi) is 6.99. The molecule has 1 aliphatic heterocycles. The quantitative estimate of drug-likeness (QED) is 0.585. The Morgan fingerprint density at radius 1 is 1.26 bits per heavy atom. The topological polar surface area (TPSA) is 74.2 Å². The van der Waals surface area contributed by atoms with Gasteiger partial charge in [-0.15, -0.1) is 0 Å². The first kappa shape index (κ1) is 23.2. The summed E-state index contributed by atoms with van der Waals surface area (Å²) in [7, 11) is 6.80. The highest BCUT2D eigenvalue weighted by molar-refractivity contribution is 8.62. The summed E-state index contributed by atoms with van der Waals surface area (Å²) in [6.45, 7) is 5.75. The molecule has 1 amide bonds. The Balaban J connectivity index is 1.79. The van der Waals surface area contributed by atoms with E-state index >= 15 is 0 Å². The van der Waals surface area contributed by atoms with Crippen LogP contribution in [0.2, 0.25) is 0 Å². The van der Waals surface area contributed by atoms with Crippen LogP contribution < -0.4 is 9.62 Å². The van der Waals surface area contributed by atoms with Crippen molar-refractivity contribution in [2.45, 2.75) is 39.0 Å². The van der Waals surface area contributed by atoms with Gasteiger partial charge in [-0.1, -0.05) is 42.5 Å². The van der Waals surface area contributed by atoms with E-state index in [1.165, 1.54) is 0 Å². The van der Waals surface area contributed by atoms with Crippen molar-refractivity contribution >= 4 is 37.4 Å². The molecule has 166 valence electrons. The number of amides is 1. The van der Waals surface area contributed by atoms with Crippen molar-refractivity contribution in [2.24, 2.45) is 4.99 Å². The molecule has 0 spiro atoms.